The lowest BCUT2D eigenvalue weighted by atomic mass is 10.1. The summed E-state index contributed by atoms with van der Waals surface area (Å²) in [4.78, 5) is 16.5. The highest BCUT2D eigenvalue weighted by Crippen LogP contribution is 2.22. The number of carbonyl (C=O) groups is 1. The molecule has 1 amide bonds. The first-order valence-corrected chi connectivity index (χ1v) is 7.46. The molecule has 0 radical (unpaired) electrons. The molecule has 0 aliphatic heterocycles. The Balaban J connectivity index is 2.61. The highest BCUT2D eigenvalue weighted by molar-refractivity contribution is 5.96. The molecule has 1 aromatic rings. The summed E-state index contributed by atoms with van der Waals surface area (Å²) < 4.78 is 0. The Hall–Kier alpha value is -1.59. The Bertz CT molecular complexity index is 439. The maximum Gasteiger partial charge on any atom is 0.238 e. The molecule has 0 fully saturated rings. The van der Waals surface area contributed by atoms with Crippen LogP contribution in [0.2, 0.25) is 0 Å². The maximum absolute atomic E-state index is 12.2. The van der Waals surface area contributed by atoms with E-state index in [1.54, 1.807) is 6.07 Å². The van der Waals surface area contributed by atoms with Gasteiger partial charge in [0.15, 0.2) is 0 Å². The molecule has 3 N–H and O–H groups in total. The monoisotopic (exact) mass is 292 g/mol. The van der Waals surface area contributed by atoms with Crippen LogP contribution in [-0.4, -0.2) is 56.0 Å². The SMILES string of the molecule is CCCN(CCN(C)C)CC(=O)Nc1c(C)cccc1N. The molecule has 0 atom stereocenters. The summed E-state index contributed by atoms with van der Waals surface area (Å²) in [6.07, 6.45) is 1.03. The second-order valence-corrected chi connectivity index (χ2v) is 5.67. The lowest BCUT2D eigenvalue weighted by Crippen LogP contribution is -2.38. The molecule has 0 saturated carbocycles. The van der Waals surface area contributed by atoms with Crippen LogP contribution < -0.4 is 11.1 Å². The number of hydrogen-bond donors (Lipinski definition) is 2. The minimum absolute atomic E-state index is 0.0109. The van der Waals surface area contributed by atoms with Crippen molar-refractivity contribution in [2.75, 3.05) is 51.3 Å². The molecule has 118 valence electrons. The number of anilines is 2. The van der Waals surface area contributed by atoms with Gasteiger partial charge in [-0.15, -0.1) is 0 Å². The third-order valence-electron chi connectivity index (χ3n) is 3.34. The van der Waals surface area contributed by atoms with Crippen LogP contribution in [0.25, 0.3) is 0 Å². The zero-order chi connectivity index (χ0) is 15.8. The number of nitrogens with one attached hydrogen (secondary N) is 1. The van der Waals surface area contributed by atoms with Crippen LogP contribution in [0.5, 0.6) is 0 Å². The van der Waals surface area contributed by atoms with Crippen LogP contribution in [0.15, 0.2) is 18.2 Å². The predicted octanol–water partition coefficient (Wildman–Crippen LogP) is 1.79. The molecule has 21 heavy (non-hydrogen) atoms. The number of nitrogens with two attached hydrogens (primary N) is 1. The lowest BCUT2D eigenvalue weighted by Gasteiger charge is -2.23. The van der Waals surface area contributed by atoms with E-state index in [-0.39, 0.29) is 5.91 Å². The van der Waals surface area contributed by atoms with Gasteiger partial charge in [-0.25, -0.2) is 0 Å². The van der Waals surface area contributed by atoms with Crippen LogP contribution in [0, 0.1) is 6.92 Å². The fourth-order valence-corrected chi connectivity index (χ4v) is 2.17. The topological polar surface area (TPSA) is 61.6 Å². The molecule has 0 aliphatic carbocycles. The molecule has 0 bridgehead atoms. The molecule has 1 rings (SSSR count). The first-order chi connectivity index (χ1) is 9.93. The van der Waals surface area contributed by atoms with Crippen molar-refractivity contribution in [1.29, 1.82) is 0 Å². The van der Waals surface area contributed by atoms with E-state index in [2.05, 4.69) is 22.0 Å². The highest BCUT2D eigenvalue weighted by Gasteiger charge is 2.12. The number of nitrogens with zero attached hydrogens (tertiary/aromatic N) is 2. The van der Waals surface area contributed by atoms with Crippen LogP contribution in [0.3, 0.4) is 0 Å². The van der Waals surface area contributed by atoms with Crippen LogP contribution in [0.1, 0.15) is 18.9 Å². The average molecular weight is 292 g/mol. The van der Waals surface area contributed by atoms with Gasteiger partial charge in [0.2, 0.25) is 5.91 Å². The molecule has 0 heterocycles. The minimum atomic E-state index is -0.0109. The summed E-state index contributed by atoms with van der Waals surface area (Å²) in [5, 5.41) is 2.94. The van der Waals surface area contributed by atoms with Crippen LogP contribution in [0.4, 0.5) is 11.4 Å². The van der Waals surface area contributed by atoms with E-state index in [1.807, 2.05) is 33.2 Å². The van der Waals surface area contributed by atoms with Crippen molar-refractivity contribution in [2.24, 2.45) is 0 Å². The number of aryl methyl sites for hydroxylation is 1. The van der Waals surface area contributed by atoms with E-state index in [0.717, 1.165) is 37.3 Å². The van der Waals surface area contributed by atoms with E-state index in [1.165, 1.54) is 0 Å². The zero-order valence-electron chi connectivity index (χ0n) is 13.6. The Morgan fingerprint density at radius 1 is 1.24 bits per heavy atom. The van der Waals surface area contributed by atoms with Gasteiger partial charge in [0.1, 0.15) is 0 Å². The quantitative estimate of drug-likeness (QED) is 0.717. The fourth-order valence-electron chi connectivity index (χ4n) is 2.17. The van der Waals surface area contributed by atoms with Gasteiger partial charge in [0, 0.05) is 13.1 Å². The van der Waals surface area contributed by atoms with E-state index in [4.69, 9.17) is 5.73 Å². The molecule has 0 unspecified atom stereocenters. The van der Waals surface area contributed by atoms with Crippen molar-refractivity contribution in [1.82, 2.24) is 9.80 Å². The van der Waals surface area contributed by atoms with Crippen molar-refractivity contribution in [3.8, 4) is 0 Å². The van der Waals surface area contributed by atoms with Gasteiger partial charge in [-0.1, -0.05) is 19.1 Å². The van der Waals surface area contributed by atoms with Crippen molar-refractivity contribution < 1.29 is 4.79 Å². The van der Waals surface area contributed by atoms with Crippen molar-refractivity contribution in [2.45, 2.75) is 20.3 Å². The zero-order valence-corrected chi connectivity index (χ0v) is 13.6. The number of nitrogen functional groups attached to an aromatic ring is 1. The highest BCUT2D eigenvalue weighted by atomic mass is 16.2. The standard InChI is InChI=1S/C16H28N4O/c1-5-9-20(11-10-19(3)4)12-15(21)18-16-13(2)7-6-8-14(16)17/h6-8H,5,9-12,17H2,1-4H3,(H,18,21). The van der Waals surface area contributed by atoms with Gasteiger partial charge in [-0.05, 0) is 45.6 Å². The Kier molecular flexibility index (Phi) is 7.19. The third kappa shape index (κ3) is 6.14. The first kappa shape index (κ1) is 17.5. The van der Waals surface area contributed by atoms with Crippen molar-refractivity contribution in [3.63, 3.8) is 0 Å². The summed E-state index contributed by atoms with van der Waals surface area (Å²) in [7, 11) is 4.08. The summed E-state index contributed by atoms with van der Waals surface area (Å²) in [5.41, 5.74) is 8.25. The molecule has 1 aromatic carbocycles. The Labute approximate surface area is 128 Å². The number of para-hydroxylation sites is 1. The molecule has 5 nitrogen and oxygen atoms in total. The van der Waals surface area contributed by atoms with Gasteiger partial charge < -0.3 is 16.0 Å². The largest absolute Gasteiger partial charge is 0.397 e. The summed E-state index contributed by atoms with van der Waals surface area (Å²) in [6, 6.07) is 5.64. The predicted molar refractivity (Wildman–Crippen MR) is 89.5 cm³/mol. The van der Waals surface area contributed by atoms with Crippen LogP contribution in [-0.2, 0) is 4.79 Å². The molecular formula is C16H28N4O. The number of hydrogen-bond acceptors (Lipinski definition) is 4. The number of benzene rings is 1. The van der Waals surface area contributed by atoms with Crippen LogP contribution >= 0.6 is 0 Å². The van der Waals surface area contributed by atoms with Gasteiger partial charge in [0.05, 0.1) is 17.9 Å². The van der Waals surface area contributed by atoms with E-state index >= 15 is 0 Å². The molecule has 0 aliphatic rings. The summed E-state index contributed by atoms with van der Waals surface area (Å²) in [6.45, 7) is 7.22. The first-order valence-electron chi connectivity index (χ1n) is 7.46. The molecule has 0 saturated heterocycles. The minimum Gasteiger partial charge on any atom is -0.397 e. The third-order valence-corrected chi connectivity index (χ3v) is 3.34. The van der Waals surface area contributed by atoms with Gasteiger partial charge in [-0.3, -0.25) is 9.69 Å². The van der Waals surface area contributed by atoms with Gasteiger partial charge >= 0.3 is 0 Å². The number of likely N-dealkylation sites (N-methyl/N-ethyl adjacent to an activating group) is 1. The maximum atomic E-state index is 12.2. The molecule has 0 spiro atoms. The molecule has 0 aromatic heterocycles. The number of carbonyl (C=O) groups excluding carboxylic acids is 1. The van der Waals surface area contributed by atoms with Gasteiger partial charge in [0.25, 0.3) is 0 Å². The second-order valence-electron chi connectivity index (χ2n) is 5.67. The number of amides is 1. The summed E-state index contributed by atoms with van der Waals surface area (Å²) >= 11 is 0. The average Bonchev–Trinajstić information content (AvgIpc) is 2.40. The van der Waals surface area contributed by atoms with Gasteiger partial charge in [-0.2, -0.15) is 0 Å². The van der Waals surface area contributed by atoms with Crippen molar-refractivity contribution in [3.05, 3.63) is 23.8 Å². The fraction of sp³-hybridized carbons (Fsp3) is 0.562. The smallest absolute Gasteiger partial charge is 0.238 e. The van der Waals surface area contributed by atoms with E-state index < -0.39 is 0 Å². The molecule has 5 heteroatoms. The molecular weight excluding hydrogens is 264 g/mol. The lowest BCUT2D eigenvalue weighted by molar-refractivity contribution is -0.117. The van der Waals surface area contributed by atoms with Crippen molar-refractivity contribution >= 4 is 17.3 Å². The normalized spacial score (nSPS) is 11.1. The van der Waals surface area contributed by atoms with E-state index in [0.29, 0.717) is 12.2 Å². The summed E-state index contributed by atoms with van der Waals surface area (Å²) in [5.74, 6) is -0.0109. The van der Waals surface area contributed by atoms with E-state index in [9.17, 15) is 4.79 Å². The number of rotatable bonds is 8. The Morgan fingerprint density at radius 3 is 2.52 bits per heavy atom. The Morgan fingerprint density at radius 2 is 1.95 bits per heavy atom. The second kappa shape index (κ2) is 8.64.